The van der Waals surface area contributed by atoms with E-state index in [2.05, 4.69) is 14.9 Å². The van der Waals surface area contributed by atoms with E-state index in [9.17, 15) is 0 Å². The van der Waals surface area contributed by atoms with E-state index in [1.165, 1.54) is 12.1 Å². The van der Waals surface area contributed by atoms with Crippen molar-refractivity contribution in [3.05, 3.63) is 18.2 Å². The highest BCUT2D eigenvalue weighted by molar-refractivity contribution is 5.11. The lowest BCUT2D eigenvalue weighted by Crippen LogP contribution is -2.33. The molecule has 0 aromatic carbocycles. The van der Waals surface area contributed by atoms with Gasteiger partial charge in [0.15, 0.2) is 0 Å². The molecule has 1 unspecified atom stereocenters. The van der Waals surface area contributed by atoms with Gasteiger partial charge in [0, 0.05) is 37.5 Å². The topological polar surface area (TPSA) is 39.1 Å². The van der Waals surface area contributed by atoms with Crippen molar-refractivity contribution in [2.75, 3.05) is 20.2 Å². The SMILES string of the molecule is COC1CC(n2cncc2C2CCNC2)C1. The molecule has 0 spiro atoms. The van der Waals surface area contributed by atoms with E-state index in [4.69, 9.17) is 4.74 Å². The lowest BCUT2D eigenvalue weighted by atomic mass is 9.88. The first-order valence-corrected chi connectivity index (χ1v) is 6.13. The summed E-state index contributed by atoms with van der Waals surface area (Å²) < 4.78 is 7.70. The van der Waals surface area contributed by atoms with Crippen LogP contribution >= 0.6 is 0 Å². The second kappa shape index (κ2) is 4.18. The van der Waals surface area contributed by atoms with Crippen LogP contribution in [0.4, 0.5) is 0 Å². The second-order valence-electron chi connectivity index (χ2n) is 4.90. The minimum Gasteiger partial charge on any atom is -0.381 e. The zero-order valence-electron chi connectivity index (χ0n) is 9.72. The molecule has 2 heterocycles. The standard InChI is InChI=1S/C12H19N3O/c1-16-11-4-10(5-11)15-8-14-7-12(15)9-2-3-13-6-9/h7-11,13H,2-6H2,1H3. The number of rotatable bonds is 3. The second-order valence-corrected chi connectivity index (χ2v) is 4.90. The molecule has 16 heavy (non-hydrogen) atoms. The molecule has 2 aliphatic rings. The first-order chi connectivity index (χ1) is 7.88. The third kappa shape index (κ3) is 1.66. The molecule has 0 bridgehead atoms. The predicted octanol–water partition coefficient (Wildman–Crippen LogP) is 1.31. The average molecular weight is 221 g/mol. The van der Waals surface area contributed by atoms with E-state index in [1.807, 2.05) is 12.5 Å². The fraction of sp³-hybridized carbons (Fsp3) is 0.750. The Morgan fingerprint density at radius 2 is 2.38 bits per heavy atom. The van der Waals surface area contributed by atoms with Crippen LogP contribution in [0.25, 0.3) is 0 Å². The van der Waals surface area contributed by atoms with Crippen molar-refractivity contribution in [1.82, 2.24) is 14.9 Å². The summed E-state index contributed by atoms with van der Waals surface area (Å²) in [6.07, 6.45) is 8.01. The van der Waals surface area contributed by atoms with Gasteiger partial charge in [-0.25, -0.2) is 4.98 Å². The summed E-state index contributed by atoms with van der Waals surface area (Å²) in [6, 6.07) is 0.614. The van der Waals surface area contributed by atoms with Gasteiger partial charge in [-0.3, -0.25) is 0 Å². The number of aromatic nitrogens is 2. The van der Waals surface area contributed by atoms with Crippen LogP contribution in [0, 0.1) is 0 Å². The van der Waals surface area contributed by atoms with Crippen LogP contribution in [0.2, 0.25) is 0 Å². The Labute approximate surface area is 96.0 Å². The van der Waals surface area contributed by atoms with Gasteiger partial charge >= 0.3 is 0 Å². The Kier molecular flexibility index (Phi) is 2.69. The van der Waals surface area contributed by atoms with Crippen molar-refractivity contribution in [2.45, 2.75) is 37.3 Å². The summed E-state index contributed by atoms with van der Waals surface area (Å²) >= 11 is 0. The average Bonchev–Trinajstić information content (AvgIpc) is 2.84. The smallest absolute Gasteiger partial charge is 0.0950 e. The minimum atomic E-state index is 0.460. The van der Waals surface area contributed by atoms with Gasteiger partial charge in [0.1, 0.15) is 0 Å². The molecule has 1 aliphatic carbocycles. The number of hydrogen-bond acceptors (Lipinski definition) is 3. The maximum Gasteiger partial charge on any atom is 0.0950 e. The van der Waals surface area contributed by atoms with Gasteiger partial charge in [-0.2, -0.15) is 0 Å². The molecule has 1 saturated heterocycles. The highest BCUT2D eigenvalue weighted by Gasteiger charge is 2.33. The quantitative estimate of drug-likeness (QED) is 0.836. The Morgan fingerprint density at radius 3 is 3.06 bits per heavy atom. The number of hydrogen-bond donors (Lipinski definition) is 1. The van der Waals surface area contributed by atoms with E-state index in [0.29, 0.717) is 18.1 Å². The lowest BCUT2D eigenvalue weighted by molar-refractivity contribution is 0.00521. The molecule has 1 atom stereocenters. The normalized spacial score (nSPS) is 33.9. The Bertz CT molecular complexity index is 351. The Morgan fingerprint density at radius 1 is 1.50 bits per heavy atom. The summed E-state index contributed by atoms with van der Waals surface area (Å²) in [5.74, 6) is 0.657. The van der Waals surface area contributed by atoms with E-state index >= 15 is 0 Å². The Balaban J connectivity index is 1.73. The molecule has 3 rings (SSSR count). The highest BCUT2D eigenvalue weighted by atomic mass is 16.5. The maximum absolute atomic E-state index is 5.33. The monoisotopic (exact) mass is 221 g/mol. The predicted molar refractivity (Wildman–Crippen MR) is 61.5 cm³/mol. The molecule has 4 heteroatoms. The summed E-state index contributed by atoms with van der Waals surface area (Å²) in [5, 5.41) is 3.42. The molecular weight excluding hydrogens is 202 g/mol. The third-order valence-corrected chi connectivity index (χ3v) is 3.97. The zero-order valence-corrected chi connectivity index (χ0v) is 9.72. The highest BCUT2D eigenvalue weighted by Crippen LogP contribution is 2.36. The van der Waals surface area contributed by atoms with E-state index in [-0.39, 0.29) is 0 Å². The first-order valence-electron chi connectivity index (χ1n) is 6.13. The largest absolute Gasteiger partial charge is 0.381 e. The molecule has 2 fully saturated rings. The summed E-state index contributed by atoms with van der Waals surface area (Å²) in [6.45, 7) is 2.24. The van der Waals surface area contributed by atoms with Gasteiger partial charge in [0.05, 0.1) is 12.4 Å². The van der Waals surface area contributed by atoms with Gasteiger partial charge in [-0.05, 0) is 25.8 Å². The summed E-state index contributed by atoms with van der Waals surface area (Å²) in [5.41, 5.74) is 1.41. The van der Waals surface area contributed by atoms with Gasteiger partial charge < -0.3 is 14.6 Å². The van der Waals surface area contributed by atoms with Crippen LogP contribution in [0.3, 0.4) is 0 Å². The van der Waals surface area contributed by atoms with Crippen LogP contribution in [0.1, 0.15) is 36.9 Å². The maximum atomic E-state index is 5.33. The van der Waals surface area contributed by atoms with Gasteiger partial charge in [-0.1, -0.05) is 0 Å². The van der Waals surface area contributed by atoms with Crippen molar-refractivity contribution in [3.8, 4) is 0 Å². The fourth-order valence-electron chi connectivity index (χ4n) is 2.80. The van der Waals surface area contributed by atoms with Crippen LogP contribution < -0.4 is 5.32 Å². The van der Waals surface area contributed by atoms with Gasteiger partial charge in [-0.15, -0.1) is 0 Å². The number of nitrogens with zero attached hydrogens (tertiary/aromatic N) is 2. The van der Waals surface area contributed by atoms with Gasteiger partial charge in [0.25, 0.3) is 0 Å². The molecule has 4 nitrogen and oxygen atoms in total. The molecule has 88 valence electrons. The molecule has 1 aliphatic heterocycles. The number of methoxy groups -OCH3 is 1. The molecule has 1 saturated carbocycles. The lowest BCUT2D eigenvalue weighted by Gasteiger charge is -2.36. The summed E-state index contributed by atoms with van der Waals surface area (Å²) in [7, 11) is 1.80. The molecule has 0 amide bonds. The summed E-state index contributed by atoms with van der Waals surface area (Å²) in [4.78, 5) is 4.31. The van der Waals surface area contributed by atoms with Crippen LogP contribution in [-0.4, -0.2) is 35.9 Å². The van der Waals surface area contributed by atoms with Crippen molar-refractivity contribution < 1.29 is 4.74 Å². The zero-order chi connectivity index (χ0) is 11.0. The van der Waals surface area contributed by atoms with E-state index in [0.717, 1.165) is 25.9 Å². The molecule has 1 aromatic heterocycles. The fourth-order valence-corrected chi connectivity index (χ4v) is 2.80. The van der Waals surface area contributed by atoms with Crippen molar-refractivity contribution in [3.63, 3.8) is 0 Å². The molecular formula is C12H19N3O. The molecule has 0 radical (unpaired) electrons. The Hall–Kier alpha value is -0.870. The minimum absolute atomic E-state index is 0.460. The van der Waals surface area contributed by atoms with Gasteiger partial charge in [0.2, 0.25) is 0 Å². The van der Waals surface area contributed by atoms with Crippen LogP contribution in [0.5, 0.6) is 0 Å². The van der Waals surface area contributed by atoms with Crippen molar-refractivity contribution in [2.24, 2.45) is 0 Å². The van der Waals surface area contributed by atoms with Crippen LogP contribution in [0.15, 0.2) is 12.5 Å². The number of ether oxygens (including phenoxy) is 1. The van der Waals surface area contributed by atoms with E-state index < -0.39 is 0 Å². The number of nitrogens with one attached hydrogen (secondary N) is 1. The number of imidazole rings is 1. The van der Waals surface area contributed by atoms with Crippen LogP contribution in [-0.2, 0) is 4.74 Å². The third-order valence-electron chi connectivity index (χ3n) is 3.97. The van der Waals surface area contributed by atoms with Crippen molar-refractivity contribution >= 4 is 0 Å². The first kappa shape index (κ1) is 10.3. The van der Waals surface area contributed by atoms with E-state index in [1.54, 1.807) is 7.11 Å². The van der Waals surface area contributed by atoms with Crippen molar-refractivity contribution in [1.29, 1.82) is 0 Å². The molecule has 1 N–H and O–H groups in total. The molecule has 1 aromatic rings.